The van der Waals surface area contributed by atoms with Crippen LogP contribution in [0.15, 0.2) is 82.1 Å². The summed E-state index contributed by atoms with van der Waals surface area (Å²) in [4.78, 5) is 30.9. The van der Waals surface area contributed by atoms with Crippen molar-refractivity contribution in [1.29, 1.82) is 0 Å². The van der Waals surface area contributed by atoms with Gasteiger partial charge in [-0.15, -0.1) is 0 Å². The zero-order chi connectivity index (χ0) is 26.8. The van der Waals surface area contributed by atoms with E-state index in [-0.39, 0.29) is 6.03 Å². The van der Waals surface area contributed by atoms with E-state index in [0.29, 0.717) is 49.8 Å². The Morgan fingerprint density at radius 3 is 2.59 bits per heavy atom. The molecular formula is C29H26BrN7O2. The molecule has 0 bridgehead atoms. The summed E-state index contributed by atoms with van der Waals surface area (Å²) >= 11 is 3.45. The second kappa shape index (κ2) is 10.8. The maximum atomic E-state index is 12.9. The van der Waals surface area contributed by atoms with Gasteiger partial charge in [-0.25, -0.2) is 9.78 Å². The van der Waals surface area contributed by atoms with Gasteiger partial charge in [-0.05, 0) is 42.8 Å². The Morgan fingerprint density at radius 2 is 1.85 bits per heavy atom. The number of benzene rings is 2. The van der Waals surface area contributed by atoms with Gasteiger partial charge in [0.1, 0.15) is 22.7 Å². The van der Waals surface area contributed by atoms with Gasteiger partial charge in [-0.2, -0.15) is 4.98 Å². The number of hydrogen-bond donors (Lipinski definition) is 1. The molecule has 0 spiro atoms. The number of piperazine rings is 1. The molecule has 0 saturated carbocycles. The van der Waals surface area contributed by atoms with Crippen molar-refractivity contribution in [2.75, 3.05) is 36.4 Å². The number of urea groups is 1. The zero-order valence-electron chi connectivity index (χ0n) is 21.3. The van der Waals surface area contributed by atoms with E-state index < -0.39 is 0 Å². The maximum absolute atomic E-state index is 12.9. The van der Waals surface area contributed by atoms with Gasteiger partial charge in [0.15, 0.2) is 0 Å². The highest BCUT2D eigenvalue weighted by Crippen LogP contribution is 2.34. The van der Waals surface area contributed by atoms with Gasteiger partial charge in [0, 0.05) is 60.7 Å². The molecule has 39 heavy (non-hydrogen) atoms. The first kappa shape index (κ1) is 25.0. The summed E-state index contributed by atoms with van der Waals surface area (Å²) in [6.07, 6.45) is 4.05. The number of carbonyl (C=O) groups is 1. The zero-order valence-corrected chi connectivity index (χ0v) is 22.9. The number of aromatic nitrogens is 4. The van der Waals surface area contributed by atoms with Crippen molar-refractivity contribution in [2.45, 2.75) is 13.3 Å². The molecule has 1 aliphatic heterocycles. The number of halogens is 1. The second-order valence-electron chi connectivity index (χ2n) is 9.49. The average molecular weight is 584 g/mol. The highest BCUT2D eigenvalue weighted by atomic mass is 79.9. The third-order valence-electron chi connectivity index (χ3n) is 6.72. The van der Waals surface area contributed by atoms with Crippen molar-refractivity contribution in [1.82, 2.24) is 25.0 Å². The molecule has 0 aliphatic carbocycles. The first-order valence-electron chi connectivity index (χ1n) is 12.7. The maximum Gasteiger partial charge on any atom is 0.321 e. The number of hydrogen-bond acceptors (Lipinski definition) is 7. The summed E-state index contributed by atoms with van der Waals surface area (Å²) in [7, 11) is 0. The smallest absolute Gasteiger partial charge is 0.321 e. The number of pyridine rings is 1. The normalized spacial score (nSPS) is 13.6. The highest BCUT2D eigenvalue weighted by Gasteiger charge is 2.27. The molecule has 1 saturated heterocycles. The first-order valence-corrected chi connectivity index (χ1v) is 13.5. The molecule has 0 unspecified atom stereocenters. The van der Waals surface area contributed by atoms with Crippen molar-refractivity contribution in [2.24, 2.45) is 0 Å². The SMILES string of the molecule is Cc1ccc(Cc2nc(N3CCN(C(=O)Nc4cccc(Br)c4)CC3)c3c(-c4cccnc4)noc3n2)cc1. The van der Waals surface area contributed by atoms with Crippen molar-refractivity contribution in [3.05, 3.63) is 94.5 Å². The molecule has 196 valence electrons. The van der Waals surface area contributed by atoms with Crippen LogP contribution in [0.1, 0.15) is 17.0 Å². The molecule has 4 heterocycles. The van der Waals surface area contributed by atoms with Crippen molar-refractivity contribution >= 4 is 44.6 Å². The van der Waals surface area contributed by atoms with Gasteiger partial charge in [0.2, 0.25) is 0 Å². The number of rotatable bonds is 5. The summed E-state index contributed by atoms with van der Waals surface area (Å²) < 4.78 is 6.65. The summed E-state index contributed by atoms with van der Waals surface area (Å²) in [5.74, 6) is 1.42. The molecule has 1 N–H and O–H groups in total. The van der Waals surface area contributed by atoms with Crippen LogP contribution in [0, 0.1) is 6.92 Å². The van der Waals surface area contributed by atoms with Crippen molar-refractivity contribution in [3.8, 4) is 11.3 Å². The molecule has 0 radical (unpaired) electrons. The van der Waals surface area contributed by atoms with Gasteiger partial charge in [0.05, 0.1) is 0 Å². The van der Waals surface area contributed by atoms with Crippen LogP contribution in [0.2, 0.25) is 0 Å². The van der Waals surface area contributed by atoms with E-state index in [2.05, 4.69) is 67.5 Å². The Kier molecular flexibility index (Phi) is 6.93. The van der Waals surface area contributed by atoms with Crippen LogP contribution in [-0.2, 0) is 6.42 Å². The summed E-state index contributed by atoms with van der Waals surface area (Å²) in [6, 6.07) is 19.6. The average Bonchev–Trinajstić information content (AvgIpc) is 3.38. The number of aryl methyl sites for hydroxylation is 1. The molecule has 1 fully saturated rings. The minimum atomic E-state index is -0.123. The molecule has 6 rings (SSSR count). The molecular weight excluding hydrogens is 558 g/mol. The van der Waals surface area contributed by atoms with Gasteiger partial charge in [0.25, 0.3) is 5.71 Å². The van der Waals surface area contributed by atoms with Crippen LogP contribution in [0.3, 0.4) is 0 Å². The van der Waals surface area contributed by atoms with Gasteiger partial charge in [-0.1, -0.05) is 57.0 Å². The molecule has 0 atom stereocenters. The topological polar surface area (TPSA) is 100 Å². The van der Waals surface area contributed by atoms with E-state index in [0.717, 1.165) is 32.5 Å². The van der Waals surface area contributed by atoms with E-state index in [9.17, 15) is 4.79 Å². The third-order valence-corrected chi connectivity index (χ3v) is 7.22. The van der Waals surface area contributed by atoms with E-state index in [1.165, 1.54) is 5.56 Å². The molecule has 1 aliphatic rings. The monoisotopic (exact) mass is 583 g/mol. The lowest BCUT2D eigenvalue weighted by Crippen LogP contribution is -2.50. The number of nitrogens with zero attached hydrogens (tertiary/aromatic N) is 6. The molecule has 10 heteroatoms. The molecule has 2 amide bonds. The van der Waals surface area contributed by atoms with Gasteiger partial charge < -0.3 is 19.6 Å². The number of anilines is 2. The van der Waals surface area contributed by atoms with Gasteiger partial charge >= 0.3 is 6.03 Å². The Balaban J connectivity index is 1.29. The fraction of sp³-hybridized carbons (Fsp3) is 0.207. The van der Waals surface area contributed by atoms with E-state index in [4.69, 9.17) is 14.5 Å². The summed E-state index contributed by atoms with van der Waals surface area (Å²) in [5.41, 5.74) is 5.00. The Labute approximate surface area is 234 Å². The first-order chi connectivity index (χ1) is 19.0. The lowest BCUT2D eigenvalue weighted by Gasteiger charge is -2.35. The Hall–Kier alpha value is -4.31. The Bertz CT molecular complexity index is 1610. The standard InChI is InChI=1S/C29H26BrN7O2/c1-19-7-9-20(10-8-19)16-24-33-27(25-26(35-39-28(25)34-24)21-4-3-11-31-18-21)36-12-14-37(15-13-36)29(38)32-23-6-2-5-22(30)17-23/h2-11,17-18H,12-16H2,1H3,(H,32,38). The predicted octanol–water partition coefficient (Wildman–Crippen LogP) is 5.70. The molecule has 3 aromatic heterocycles. The van der Waals surface area contributed by atoms with Crippen LogP contribution in [0.4, 0.5) is 16.3 Å². The fourth-order valence-electron chi connectivity index (χ4n) is 4.67. The molecule has 2 aromatic carbocycles. The summed E-state index contributed by atoms with van der Waals surface area (Å²) in [5, 5.41) is 8.09. The van der Waals surface area contributed by atoms with Crippen LogP contribution >= 0.6 is 15.9 Å². The van der Waals surface area contributed by atoms with Gasteiger partial charge in [-0.3, -0.25) is 4.98 Å². The highest BCUT2D eigenvalue weighted by molar-refractivity contribution is 9.10. The second-order valence-corrected chi connectivity index (χ2v) is 10.4. The van der Waals surface area contributed by atoms with Crippen LogP contribution in [-0.4, -0.2) is 57.2 Å². The summed E-state index contributed by atoms with van der Waals surface area (Å²) in [6.45, 7) is 4.38. The van der Waals surface area contributed by atoms with Crippen LogP contribution in [0.25, 0.3) is 22.4 Å². The van der Waals surface area contributed by atoms with Crippen molar-refractivity contribution in [3.63, 3.8) is 0 Å². The lowest BCUT2D eigenvalue weighted by molar-refractivity contribution is 0.208. The van der Waals surface area contributed by atoms with E-state index in [1.807, 2.05) is 41.3 Å². The quantitative estimate of drug-likeness (QED) is 0.283. The number of fused-ring (bicyclic) bond motifs is 1. The lowest BCUT2D eigenvalue weighted by atomic mass is 10.1. The molecule has 5 aromatic rings. The number of amides is 2. The minimum Gasteiger partial charge on any atom is -0.352 e. The third kappa shape index (κ3) is 5.46. The Morgan fingerprint density at radius 1 is 1.03 bits per heavy atom. The van der Waals surface area contributed by atoms with E-state index in [1.54, 1.807) is 12.4 Å². The molecule has 9 nitrogen and oxygen atoms in total. The van der Waals surface area contributed by atoms with Crippen LogP contribution in [0.5, 0.6) is 0 Å². The fourth-order valence-corrected chi connectivity index (χ4v) is 5.07. The largest absolute Gasteiger partial charge is 0.352 e. The predicted molar refractivity (Wildman–Crippen MR) is 154 cm³/mol. The minimum absolute atomic E-state index is 0.123. The van der Waals surface area contributed by atoms with E-state index >= 15 is 0 Å². The number of nitrogens with one attached hydrogen (secondary N) is 1. The van der Waals surface area contributed by atoms with Crippen LogP contribution < -0.4 is 10.2 Å². The number of carbonyl (C=O) groups excluding carboxylic acids is 1. The van der Waals surface area contributed by atoms with Crippen molar-refractivity contribution < 1.29 is 9.32 Å².